The molecule has 0 radical (unpaired) electrons. The van der Waals surface area contributed by atoms with Crippen LogP contribution in [-0.4, -0.2) is 30.8 Å². The SMILES string of the molecule is CC(C)C(OC(=O)[C@H](C)N)[C@H](C)OCC1CC1. The molecule has 17 heavy (non-hydrogen) atoms. The lowest BCUT2D eigenvalue weighted by atomic mass is 10.0. The van der Waals surface area contributed by atoms with Crippen LogP contribution in [0, 0.1) is 11.8 Å². The largest absolute Gasteiger partial charge is 0.458 e. The summed E-state index contributed by atoms with van der Waals surface area (Å²) < 4.78 is 11.2. The molecule has 0 aromatic heterocycles. The summed E-state index contributed by atoms with van der Waals surface area (Å²) in [4.78, 5) is 11.5. The van der Waals surface area contributed by atoms with Crippen LogP contribution in [0.25, 0.3) is 0 Å². The van der Waals surface area contributed by atoms with E-state index in [0.717, 1.165) is 12.5 Å². The molecule has 0 spiro atoms. The van der Waals surface area contributed by atoms with Gasteiger partial charge in [-0.1, -0.05) is 13.8 Å². The third-order valence-corrected chi connectivity index (χ3v) is 3.04. The molecule has 3 atom stereocenters. The molecule has 100 valence electrons. The van der Waals surface area contributed by atoms with Gasteiger partial charge >= 0.3 is 5.97 Å². The first-order chi connectivity index (χ1) is 7.91. The molecular weight excluding hydrogens is 218 g/mol. The lowest BCUT2D eigenvalue weighted by molar-refractivity contribution is -0.162. The summed E-state index contributed by atoms with van der Waals surface area (Å²) in [6.45, 7) is 8.42. The fourth-order valence-electron chi connectivity index (χ4n) is 1.68. The summed E-state index contributed by atoms with van der Waals surface area (Å²) in [5.74, 6) is 0.590. The topological polar surface area (TPSA) is 61.5 Å². The Morgan fingerprint density at radius 2 is 1.88 bits per heavy atom. The molecule has 1 rings (SSSR count). The fraction of sp³-hybridized carbons (Fsp3) is 0.923. The van der Waals surface area contributed by atoms with Crippen molar-refractivity contribution in [1.29, 1.82) is 0 Å². The van der Waals surface area contributed by atoms with E-state index < -0.39 is 6.04 Å². The van der Waals surface area contributed by atoms with E-state index in [-0.39, 0.29) is 24.1 Å². The summed E-state index contributed by atoms with van der Waals surface area (Å²) in [6.07, 6.45) is 2.24. The maximum atomic E-state index is 11.5. The van der Waals surface area contributed by atoms with E-state index in [1.165, 1.54) is 12.8 Å². The molecule has 4 nitrogen and oxygen atoms in total. The number of hydrogen-bond donors (Lipinski definition) is 1. The molecule has 0 saturated heterocycles. The van der Waals surface area contributed by atoms with E-state index in [4.69, 9.17) is 15.2 Å². The van der Waals surface area contributed by atoms with Crippen LogP contribution in [0.15, 0.2) is 0 Å². The van der Waals surface area contributed by atoms with Crippen molar-refractivity contribution < 1.29 is 14.3 Å². The Hall–Kier alpha value is -0.610. The first-order valence-electron chi connectivity index (χ1n) is 6.49. The van der Waals surface area contributed by atoms with Crippen LogP contribution in [0.3, 0.4) is 0 Å². The number of rotatable bonds is 7. The smallest absolute Gasteiger partial charge is 0.322 e. The summed E-state index contributed by atoms with van der Waals surface area (Å²) in [5, 5.41) is 0. The second kappa shape index (κ2) is 6.36. The average molecular weight is 243 g/mol. The van der Waals surface area contributed by atoms with Crippen LogP contribution >= 0.6 is 0 Å². The maximum absolute atomic E-state index is 11.5. The Morgan fingerprint density at radius 3 is 2.29 bits per heavy atom. The van der Waals surface area contributed by atoms with Crippen LogP contribution in [0.5, 0.6) is 0 Å². The zero-order chi connectivity index (χ0) is 13.0. The Bertz CT molecular complexity index is 249. The van der Waals surface area contributed by atoms with Crippen LogP contribution in [-0.2, 0) is 14.3 Å². The van der Waals surface area contributed by atoms with E-state index in [1.807, 2.05) is 20.8 Å². The zero-order valence-electron chi connectivity index (χ0n) is 11.3. The van der Waals surface area contributed by atoms with Crippen molar-refractivity contribution in [3.05, 3.63) is 0 Å². The molecule has 1 unspecified atom stereocenters. The summed E-state index contributed by atoms with van der Waals surface area (Å²) in [5.41, 5.74) is 5.50. The van der Waals surface area contributed by atoms with E-state index in [1.54, 1.807) is 6.92 Å². The quantitative estimate of drug-likeness (QED) is 0.692. The van der Waals surface area contributed by atoms with Crippen molar-refractivity contribution in [2.24, 2.45) is 17.6 Å². The minimum Gasteiger partial charge on any atom is -0.458 e. The highest BCUT2D eigenvalue weighted by atomic mass is 16.6. The van der Waals surface area contributed by atoms with Gasteiger partial charge < -0.3 is 15.2 Å². The highest BCUT2D eigenvalue weighted by Gasteiger charge is 2.29. The number of hydrogen-bond acceptors (Lipinski definition) is 4. The van der Waals surface area contributed by atoms with Gasteiger partial charge in [-0.25, -0.2) is 0 Å². The summed E-state index contributed by atoms with van der Waals surface area (Å²) in [6, 6.07) is -0.577. The monoisotopic (exact) mass is 243 g/mol. The van der Waals surface area contributed by atoms with Crippen molar-refractivity contribution in [1.82, 2.24) is 0 Å². The van der Waals surface area contributed by atoms with Crippen LogP contribution < -0.4 is 5.73 Å². The van der Waals surface area contributed by atoms with Gasteiger partial charge in [-0.3, -0.25) is 4.79 Å². The molecule has 1 aliphatic rings. The summed E-state index contributed by atoms with van der Waals surface area (Å²) in [7, 11) is 0. The van der Waals surface area contributed by atoms with Gasteiger partial charge in [0.25, 0.3) is 0 Å². The molecule has 1 aliphatic carbocycles. The van der Waals surface area contributed by atoms with Crippen molar-refractivity contribution in [2.45, 2.75) is 58.8 Å². The van der Waals surface area contributed by atoms with Crippen molar-refractivity contribution in [3.63, 3.8) is 0 Å². The molecule has 0 aliphatic heterocycles. The molecule has 4 heteroatoms. The molecule has 0 aromatic carbocycles. The van der Waals surface area contributed by atoms with Gasteiger partial charge in [-0.05, 0) is 38.5 Å². The van der Waals surface area contributed by atoms with Gasteiger partial charge in [0.05, 0.1) is 6.10 Å². The number of nitrogens with two attached hydrogens (primary N) is 1. The predicted molar refractivity (Wildman–Crippen MR) is 66.5 cm³/mol. The Balaban J connectivity index is 2.41. The highest BCUT2D eigenvalue weighted by Crippen LogP contribution is 2.29. The first kappa shape index (κ1) is 14.5. The number of carbonyl (C=O) groups is 1. The van der Waals surface area contributed by atoms with Gasteiger partial charge in [0.15, 0.2) is 0 Å². The number of carbonyl (C=O) groups excluding carboxylic acids is 1. The fourth-order valence-corrected chi connectivity index (χ4v) is 1.68. The second-order valence-corrected chi connectivity index (χ2v) is 5.42. The zero-order valence-corrected chi connectivity index (χ0v) is 11.3. The first-order valence-corrected chi connectivity index (χ1v) is 6.49. The van der Waals surface area contributed by atoms with Gasteiger partial charge in [-0.2, -0.15) is 0 Å². The Labute approximate surface area is 104 Å². The molecular formula is C13H25NO3. The van der Waals surface area contributed by atoms with Crippen molar-refractivity contribution in [2.75, 3.05) is 6.61 Å². The highest BCUT2D eigenvalue weighted by molar-refractivity contribution is 5.75. The van der Waals surface area contributed by atoms with Crippen molar-refractivity contribution in [3.8, 4) is 0 Å². The maximum Gasteiger partial charge on any atom is 0.322 e. The molecule has 1 saturated carbocycles. The van der Waals surface area contributed by atoms with Crippen LogP contribution in [0.1, 0.15) is 40.5 Å². The normalized spacial score (nSPS) is 21.1. The Kier molecular flexibility index (Phi) is 5.40. The molecule has 0 bridgehead atoms. The third kappa shape index (κ3) is 5.04. The lowest BCUT2D eigenvalue weighted by Gasteiger charge is -2.28. The van der Waals surface area contributed by atoms with E-state index in [0.29, 0.717) is 0 Å². The van der Waals surface area contributed by atoms with Gasteiger partial charge in [0.2, 0.25) is 0 Å². The van der Waals surface area contributed by atoms with E-state index in [2.05, 4.69) is 0 Å². The third-order valence-electron chi connectivity index (χ3n) is 3.04. The molecule has 0 amide bonds. The Morgan fingerprint density at radius 1 is 1.29 bits per heavy atom. The second-order valence-electron chi connectivity index (χ2n) is 5.42. The minimum atomic E-state index is -0.577. The molecule has 1 fully saturated rings. The van der Waals surface area contributed by atoms with Crippen LogP contribution in [0.2, 0.25) is 0 Å². The average Bonchev–Trinajstić information content (AvgIpc) is 3.05. The van der Waals surface area contributed by atoms with E-state index in [9.17, 15) is 4.79 Å². The number of ether oxygens (including phenoxy) is 2. The van der Waals surface area contributed by atoms with Gasteiger partial charge in [0.1, 0.15) is 12.1 Å². The number of esters is 1. The lowest BCUT2D eigenvalue weighted by Crippen LogP contribution is -2.40. The van der Waals surface area contributed by atoms with E-state index >= 15 is 0 Å². The van der Waals surface area contributed by atoms with Crippen LogP contribution in [0.4, 0.5) is 0 Å². The molecule has 2 N–H and O–H groups in total. The molecule has 0 aromatic rings. The van der Waals surface area contributed by atoms with Gasteiger partial charge in [-0.15, -0.1) is 0 Å². The standard InChI is InChI=1S/C13H25NO3/c1-8(2)12(17-13(15)9(3)14)10(4)16-7-11-5-6-11/h8-12H,5-7,14H2,1-4H3/t9-,10-,12?/m0/s1. The van der Waals surface area contributed by atoms with Crippen molar-refractivity contribution >= 4 is 5.97 Å². The molecule has 0 heterocycles. The predicted octanol–water partition coefficient (Wildman–Crippen LogP) is 1.72. The minimum absolute atomic E-state index is 0.0710. The summed E-state index contributed by atoms with van der Waals surface area (Å²) >= 11 is 0. The van der Waals surface area contributed by atoms with Gasteiger partial charge in [0, 0.05) is 6.61 Å².